The van der Waals surface area contributed by atoms with E-state index in [0.717, 1.165) is 39.3 Å². The number of hydrogen-bond acceptors (Lipinski definition) is 2. The van der Waals surface area contributed by atoms with Gasteiger partial charge in [-0.25, -0.2) is 0 Å². The highest BCUT2D eigenvalue weighted by Crippen LogP contribution is 1.83. The van der Waals surface area contributed by atoms with E-state index in [0.29, 0.717) is 0 Å². The van der Waals surface area contributed by atoms with Crippen molar-refractivity contribution < 1.29 is 9.47 Å². The molecule has 0 radical (unpaired) electrons. The van der Waals surface area contributed by atoms with E-state index in [1.54, 1.807) is 0 Å². The minimum absolute atomic E-state index is 0.744. The molecule has 0 fully saturated rings. The van der Waals surface area contributed by atoms with Crippen LogP contribution in [0.25, 0.3) is 0 Å². The molecule has 0 aromatic heterocycles. The predicted molar refractivity (Wildman–Crippen MR) is 58.2 cm³/mol. The van der Waals surface area contributed by atoms with Gasteiger partial charge in [-0.2, -0.15) is 0 Å². The first kappa shape index (κ1) is 15.4. The monoisotopic (exact) mass is 190 g/mol. The number of hydrogen-bond donors (Lipinski definition) is 0. The Morgan fingerprint density at radius 3 is 1.15 bits per heavy atom. The number of rotatable bonds is 7. The van der Waals surface area contributed by atoms with Crippen LogP contribution in [0.15, 0.2) is 0 Å². The molecular formula is C11H26O2. The lowest BCUT2D eigenvalue weighted by Gasteiger charge is -2.02. The van der Waals surface area contributed by atoms with E-state index in [9.17, 15) is 0 Å². The summed E-state index contributed by atoms with van der Waals surface area (Å²) in [4.78, 5) is 0. The first-order valence-electron chi connectivity index (χ1n) is 5.48. The molecule has 0 saturated carbocycles. The molecule has 0 aromatic carbocycles. The summed E-state index contributed by atoms with van der Waals surface area (Å²) in [7, 11) is 0. The average Bonchev–Trinajstić information content (AvgIpc) is 2.13. The molecule has 13 heavy (non-hydrogen) atoms. The zero-order chi connectivity index (χ0) is 10.4. The second-order valence-electron chi connectivity index (χ2n) is 2.93. The van der Waals surface area contributed by atoms with E-state index in [4.69, 9.17) is 9.47 Å². The first-order valence-corrected chi connectivity index (χ1v) is 5.48. The molecule has 0 rings (SSSR count). The van der Waals surface area contributed by atoms with Gasteiger partial charge < -0.3 is 9.47 Å². The van der Waals surface area contributed by atoms with E-state index >= 15 is 0 Å². The first-order chi connectivity index (χ1) is 6.33. The van der Waals surface area contributed by atoms with Crippen molar-refractivity contribution in [1.29, 1.82) is 0 Å². The van der Waals surface area contributed by atoms with Gasteiger partial charge in [-0.05, 0) is 12.8 Å². The second-order valence-corrected chi connectivity index (χ2v) is 2.93. The van der Waals surface area contributed by atoms with Crippen molar-refractivity contribution in [1.82, 2.24) is 0 Å². The van der Waals surface area contributed by atoms with Crippen LogP contribution < -0.4 is 0 Å². The summed E-state index contributed by atoms with van der Waals surface area (Å²) in [5.74, 6) is 0. The third kappa shape index (κ3) is 24.5. The van der Waals surface area contributed by atoms with Crippen molar-refractivity contribution in [2.75, 3.05) is 26.4 Å². The van der Waals surface area contributed by atoms with Gasteiger partial charge in [-0.1, -0.05) is 34.1 Å². The zero-order valence-corrected chi connectivity index (χ0v) is 9.77. The highest BCUT2D eigenvalue weighted by atomic mass is 16.5. The molecular weight excluding hydrogens is 164 g/mol. The largest absolute Gasteiger partial charge is 0.379 e. The van der Waals surface area contributed by atoms with Crippen LogP contribution in [0.5, 0.6) is 0 Å². The topological polar surface area (TPSA) is 18.5 Å². The Bertz CT molecular complexity index is 57.1. The zero-order valence-electron chi connectivity index (χ0n) is 9.77. The summed E-state index contributed by atoms with van der Waals surface area (Å²) in [6.45, 7) is 11.7. The summed E-state index contributed by atoms with van der Waals surface area (Å²) < 4.78 is 10.4. The van der Waals surface area contributed by atoms with Gasteiger partial charge in [0.05, 0.1) is 13.2 Å². The lowest BCUT2D eigenvalue weighted by molar-refractivity contribution is 0.0483. The fraction of sp³-hybridized carbons (Fsp3) is 1.00. The Labute approximate surface area is 83.6 Å². The van der Waals surface area contributed by atoms with E-state index in [1.165, 1.54) is 6.42 Å². The van der Waals surface area contributed by atoms with Gasteiger partial charge in [-0.3, -0.25) is 0 Å². The van der Waals surface area contributed by atoms with Crippen molar-refractivity contribution in [3.63, 3.8) is 0 Å². The van der Waals surface area contributed by atoms with Crippen LogP contribution in [0, 0.1) is 0 Å². The molecule has 0 aliphatic rings. The Hall–Kier alpha value is -0.0800. The van der Waals surface area contributed by atoms with Gasteiger partial charge in [0, 0.05) is 13.2 Å². The van der Waals surface area contributed by atoms with Gasteiger partial charge in [0.15, 0.2) is 0 Å². The van der Waals surface area contributed by atoms with Crippen LogP contribution in [-0.4, -0.2) is 26.4 Å². The average molecular weight is 190 g/mol. The molecule has 0 aromatic rings. The molecule has 0 saturated heterocycles. The second kappa shape index (κ2) is 17.9. The van der Waals surface area contributed by atoms with Crippen molar-refractivity contribution in [2.45, 2.75) is 47.0 Å². The highest BCUT2D eigenvalue weighted by Gasteiger charge is 1.85. The summed E-state index contributed by atoms with van der Waals surface area (Å²) in [6.07, 6.45) is 3.43. The molecule has 0 aliphatic carbocycles. The minimum Gasteiger partial charge on any atom is -0.379 e. The van der Waals surface area contributed by atoms with Crippen LogP contribution in [0.1, 0.15) is 47.0 Å². The van der Waals surface area contributed by atoms with E-state index < -0.39 is 0 Å². The van der Waals surface area contributed by atoms with Gasteiger partial charge >= 0.3 is 0 Å². The van der Waals surface area contributed by atoms with Crippen LogP contribution in [-0.2, 0) is 9.47 Å². The molecule has 0 spiro atoms. The smallest absolute Gasteiger partial charge is 0.0700 e. The minimum atomic E-state index is 0.744. The van der Waals surface area contributed by atoms with Gasteiger partial charge in [0.25, 0.3) is 0 Å². The maximum absolute atomic E-state index is 5.20. The fourth-order valence-corrected chi connectivity index (χ4v) is 0.611. The molecule has 2 nitrogen and oxygen atoms in total. The van der Waals surface area contributed by atoms with Crippen molar-refractivity contribution in [2.24, 2.45) is 0 Å². The lowest BCUT2D eigenvalue weighted by Crippen LogP contribution is -2.04. The molecule has 0 heterocycles. The summed E-state index contributed by atoms with van der Waals surface area (Å²) in [5.41, 5.74) is 0. The van der Waals surface area contributed by atoms with Crippen LogP contribution in [0.2, 0.25) is 0 Å². The highest BCUT2D eigenvalue weighted by molar-refractivity contribution is 4.30. The molecule has 0 bridgehead atoms. The van der Waals surface area contributed by atoms with Gasteiger partial charge in [0.1, 0.15) is 0 Å². The van der Waals surface area contributed by atoms with Crippen LogP contribution in [0.4, 0.5) is 0 Å². The maximum atomic E-state index is 5.20. The van der Waals surface area contributed by atoms with E-state index in [-0.39, 0.29) is 0 Å². The molecule has 82 valence electrons. The molecule has 0 atom stereocenters. The lowest BCUT2D eigenvalue weighted by atomic mass is 10.5. The fourth-order valence-electron chi connectivity index (χ4n) is 0.611. The Morgan fingerprint density at radius 2 is 0.923 bits per heavy atom. The standard InChI is InChI=1S/C8H18O2.C3H8/c1-3-5-9-7-8-10-6-4-2;1-3-2/h3-8H2,1-2H3;3H2,1-2H3. The molecule has 0 aliphatic heterocycles. The predicted octanol–water partition coefficient (Wildman–Crippen LogP) is 3.26. The molecule has 0 unspecified atom stereocenters. The number of ether oxygens (including phenoxy) is 2. The summed E-state index contributed by atoms with van der Waals surface area (Å²) in [6, 6.07) is 0. The Kier molecular flexibility index (Phi) is 21.2. The SMILES string of the molecule is CCC.CCCOCCOCCC. The molecule has 0 N–H and O–H groups in total. The summed E-state index contributed by atoms with van der Waals surface area (Å²) in [5, 5.41) is 0. The van der Waals surface area contributed by atoms with Crippen molar-refractivity contribution in [3.05, 3.63) is 0 Å². The maximum Gasteiger partial charge on any atom is 0.0700 e. The van der Waals surface area contributed by atoms with E-state index in [1.807, 2.05) is 0 Å². The van der Waals surface area contributed by atoms with Gasteiger partial charge in [0.2, 0.25) is 0 Å². The third-order valence-corrected chi connectivity index (χ3v) is 1.07. The Balaban J connectivity index is 0. The quantitative estimate of drug-likeness (QED) is 0.574. The Morgan fingerprint density at radius 1 is 0.615 bits per heavy atom. The third-order valence-electron chi connectivity index (χ3n) is 1.07. The van der Waals surface area contributed by atoms with Gasteiger partial charge in [-0.15, -0.1) is 0 Å². The van der Waals surface area contributed by atoms with Crippen LogP contribution in [0.3, 0.4) is 0 Å². The molecule has 0 amide bonds. The summed E-state index contributed by atoms with van der Waals surface area (Å²) >= 11 is 0. The normalized spacial score (nSPS) is 9.23. The van der Waals surface area contributed by atoms with Crippen molar-refractivity contribution >= 4 is 0 Å². The molecule has 2 heteroatoms. The van der Waals surface area contributed by atoms with Crippen molar-refractivity contribution in [3.8, 4) is 0 Å². The van der Waals surface area contributed by atoms with E-state index in [2.05, 4.69) is 27.7 Å². The van der Waals surface area contributed by atoms with Crippen LogP contribution >= 0.6 is 0 Å².